The highest BCUT2D eigenvalue weighted by atomic mass is 32.2. The first-order valence-corrected chi connectivity index (χ1v) is 4.45. The minimum atomic E-state index is 1.30. The Kier molecular flexibility index (Phi) is 5.44. The van der Waals surface area contributed by atoms with E-state index in [9.17, 15) is 0 Å². The summed E-state index contributed by atoms with van der Waals surface area (Å²) in [6.45, 7) is 5.67. The fraction of sp³-hybridized carbons (Fsp3) is 0.333. The fourth-order valence-corrected chi connectivity index (χ4v) is 1.43. The standard InChI is InChI=1S/C6H10S2/c1-4-8-6(2)5-7-3/h4-5H,1H2,2-3H3/b6-5+. The molecule has 2 heteroatoms. The minimum Gasteiger partial charge on any atom is -0.137 e. The molecule has 0 radical (unpaired) electrons. The third-order valence-electron chi connectivity index (χ3n) is 0.553. The first-order valence-electron chi connectivity index (χ1n) is 2.28. The monoisotopic (exact) mass is 146 g/mol. The molecule has 0 atom stereocenters. The van der Waals surface area contributed by atoms with Crippen LogP contribution in [0.4, 0.5) is 0 Å². The van der Waals surface area contributed by atoms with Crippen molar-refractivity contribution in [2.75, 3.05) is 6.26 Å². The van der Waals surface area contributed by atoms with E-state index in [4.69, 9.17) is 0 Å². The van der Waals surface area contributed by atoms with E-state index >= 15 is 0 Å². The first kappa shape index (κ1) is 8.18. The molecule has 0 saturated heterocycles. The highest BCUT2D eigenvalue weighted by Crippen LogP contribution is 2.17. The van der Waals surface area contributed by atoms with E-state index in [-0.39, 0.29) is 0 Å². The van der Waals surface area contributed by atoms with Crippen molar-refractivity contribution >= 4 is 23.5 Å². The molecule has 0 fully saturated rings. The summed E-state index contributed by atoms with van der Waals surface area (Å²) in [5, 5.41) is 3.94. The van der Waals surface area contributed by atoms with Crippen LogP contribution in [-0.2, 0) is 0 Å². The molecule has 0 bridgehead atoms. The molecule has 0 aromatic heterocycles. The zero-order valence-corrected chi connectivity index (χ0v) is 6.81. The first-order chi connectivity index (χ1) is 3.81. The van der Waals surface area contributed by atoms with Gasteiger partial charge in [0.25, 0.3) is 0 Å². The van der Waals surface area contributed by atoms with Crippen molar-refractivity contribution in [2.24, 2.45) is 0 Å². The van der Waals surface area contributed by atoms with Gasteiger partial charge in [-0.2, -0.15) is 0 Å². The number of allylic oxidation sites excluding steroid dienone is 1. The molecule has 0 heterocycles. The summed E-state index contributed by atoms with van der Waals surface area (Å²) >= 11 is 3.38. The third-order valence-corrected chi connectivity index (χ3v) is 1.95. The lowest BCUT2D eigenvalue weighted by atomic mass is 10.8. The van der Waals surface area contributed by atoms with Gasteiger partial charge in [0.2, 0.25) is 0 Å². The van der Waals surface area contributed by atoms with Crippen LogP contribution >= 0.6 is 23.5 Å². The molecule has 0 amide bonds. The Bertz CT molecular complexity index is 94.7. The number of thioether (sulfide) groups is 2. The van der Waals surface area contributed by atoms with Gasteiger partial charge in [0.1, 0.15) is 0 Å². The van der Waals surface area contributed by atoms with Crippen LogP contribution in [0.3, 0.4) is 0 Å². The van der Waals surface area contributed by atoms with Crippen LogP contribution in [0.15, 0.2) is 22.3 Å². The molecule has 0 nitrogen and oxygen atoms in total. The smallest absolute Gasteiger partial charge is 0.00768 e. The van der Waals surface area contributed by atoms with Crippen molar-refractivity contribution in [3.8, 4) is 0 Å². The summed E-state index contributed by atoms with van der Waals surface area (Å²) in [5.74, 6) is 0. The molecule has 8 heavy (non-hydrogen) atoms. The van der Waals surface area contributed by atoms with E-state index in [0.29, 0.717) is 0 Å². The predicted octanol–water partition coefficient (Wildman–Crippen LogP) is 3.09. The van der Waals surface area contributed by atoms with Gasteiger partial charge in [0, 0.05) is 0 Å². The lowest BCUT2D eigenvalue weighted by Gasteiger charge is -1.89. The average Bonchev–Trinajstić information content (AvgIpc) is 1.68. The zero-order chi connectivity index (χ0) is 6.41. The van der Waals surface area contributed by atoms with Gasteiger partial charge in [-0.1, -0.05) is 6.58 Å². The number of hydrogen-bond acceptors (Lipinski definition) is 2. The van der Waals surface area contributed by atoms with Gasteiger partial charge in [-0.15, -0.1) is 23.5 Å². The van der Waals surface area contributed by atoms with Crippen LogP contribution in [0, 0.1) is 0 Å². The second kappa shape index (κ2) is 5.32. The topological polar surface area (TPSA) is 0 Å². The maximum absolute atomic E-state index is 3.60. The van der Waals surface area contributed by atoms with E-state index in [0.717, 1.165) is 0 Å². The molecule has 0 aliphatic carbocycles. The summed E-state index contributed by atoms with van der Waals surface area (Å²) < 4.78 is 0. The zero-order valence-electron chi connectivity index (χ0n) is 5.18. The molecule has 46 valence electrons. The summed E-state index contributed by atoms with van der Waals surface area (Å²) in [6, 6.07) is 0. The molecular weight excluding hydrogens is 136 g/mol. The summed E-state index contributed by atoms with van der Waals surface area (Å²) in [6.07, 6.45) is 2.05. The Morgan fingerprint density at radius 2 is 2.25 bits per heavy atom. The van der Waals surface area contributed by atoms with Crippen LogP contribution in [0.1, 0.15) is 6.92 Å². The molecular formula is C6H10S2. The van der Waals surface area contributed by atoms with Gasteiger partial charge in [-0.25, -0.2) is 0 Å². The second-order valence-electron chi connectivity index (χ2n) is 1.25. The van der Waals surface area contributed by atoms with E-state index < -0.39 is 0 Å². The van der Waals surface area contributed by atoms with Crippen molar-refractivity contribution in [3.63, 3.8) is 0 Å². The van der Waals surface area contributed by atoms with Gasteiger partial charge in [0.05, 0.1) is 0 Å². The Hall–Kier alpha value is 0.180. The van der Waals surface area contributed by atoms with Crippen molar-refractivity contribution in [3.05, 3.63) is 22.3 Å². The molecule has 0 N–H and O–H groups in total. The van der Waals surface area contributed by atoms with Gasteiger partial charge in [-0.3, -0.25) is 0 Å². The second-order valence-corrected chi connectivity index (χ2v) is 3.17. The fourth-order valence-electron chi connectivity index (χ4n) is 0.325. The van der Waals surface area contributed by atoms with E-state index in [1.54, 1.807) is 23.5 Å². The van der Waals surface area contributed by atoms with E-state index in [1.807, 2.05) is 11.7 Å². The van der Waals surface area contributed by atoms with Crippen molar-refractivity contribution < 1.29 is 0 Å². The quantitative estimate of drug-likeness (QED) is 0.600. The Morgan fingerprint density at radius 3 is 2.62 bits per heavy atom. The van der Waals surface area contributed by atoms with Crippen molar-refractivity contribution in [1.82, 2.24) is 0 Å². The Morgan fingerprint density at radius 1 is 1.62 bits per heavy atom. The van der Waals surface area contributed by atoms with Gasteiger partial charge in [-0.05, 0) is 28.9 Å². The van der Waals surface area contributed by atoms with Gasteiger partial charge >= 0.3 is 0 Å². The molecule has 0 aliphatic rings. The summed E-state index contributed by atoms with van der Waals surface area (Å²) in [7, 11) is 0. The van der Waals surface area contributed by atoms with Crippen LogP contribution in [0.2, 0.25) is 0 Å². The maximum atomic E-state index is 3.60. The predicted molar refractivity (Wildman–Crippen MR) is 45.1 cm³/mol. The SMILES string of the molecule is C=CS/C(C)=C/SC. The molecule has 0 spiro atoms. The maximum Gasteiger partial charge on any atom is -0.00768 e. The summed E-state index contributed by atoms with van der Waals surface area (Å²) in [5.41, 5.74) is 0. The molecule has 0 saturated carbocycles. The number of rotatable bonds is 3. The Labute approximate surface area is 59.4 Å². The average molecular weight is 146 g/mol. The lowest BCUT2D eigenvalue weighted by molar-refractivity contribution is 1.72. The Balaban J connectivity index is 3.44. The minimum absolute atomic E-state index is 1.30. The van der Waals surface area contributed by atoms with Crippen LogP contribution < -0.4 is 0 Å². The van der Waals surface area contributed by atoms with Crippen LogP contribution in [0.5, 0.6) is 0 Å². The molecule has 0 rings (SSSR count). The summed E-state index contributed by atoms with van der Waals surface area (Å²) in [4.78, 5) is 1.30. The van der Waals surface area contributed by atoms with Crippen LogP contribution in [-0.4, -0.2) is 6.26 Å². The molecule has 0 aliphatic heterocycles. The van der Waals surface area contributed by atoms with Gasteiger partial charge in [0.15, 0.2) is 0 Å². The lowest BCUT2D eigenvalue weighted by Crippen LogP contribution is -1.57. The largest absolute Gasteiger partial charge is 0.137 e. The molecule has 0 unspecified atom stereocenters. The highest BCUT2D eigenvalue weighted by Gasteiger charge is 1.80. The normalized spacial score (nSPS) is 11.5. The highest BCUT2D eigenvalue weighted by molar-refractivity contribution is 8.07. The molecule has 0 aromatic carbocycles. The van der Waals surface area contributed by atoms with Crippen molar-refractivity contribution in [1.29, 1.82) is 0 Å². The number of hydrogen-bond donors (Lipinski definition) is 0. The van der Waals surface area contributed by atoms with E-state index in [1.165, 1.54) is 4.91 Å². The van der Waals surface area contributed by atoms with Crippen molar-refractivity contribution in [2.45, 2.75) is 6.92 Å². The van der Waals surface area contributed by atoms with E-state index in [2.05, 4.69) is 18.9 Å². The molecule has 0 aromatic rings. The van der Waals surface area contributed by atoms with Crippen LogP contribution in [0.25, 0.3) is 0 Å². The van der Waals surface area contributed by atoms with Gasteiger partial charge < -0.3 is 0 Å². The third kappa shape index (κ3) is 4.34.